The third kappa shape index (κ3) is 8.01. The monoisotopic (exact) mass is 464 g/mol. The number of benzene rings is 1. The van der Waals surface area contributed by atoms with Crippen LogP contribution >= 0.6 is 11.3 Å². The average molecular weight is 465 g/mol. The number of thiazole rings is 1. The maximum Gasteiger partial charge on any atom is 0.247 e. The second kappa shape index (κ2) is 11.7. The fourth-order valence-electron chi connectivity index (χ4n) is 2.97. The molecule has 0 aliphatic carbocycles. The Morgan fingerprint density at radius 1 is 1.19 bits per heavy atom. The average Bonchev–Trinajstić information content (AvgIpc) is 3.22. The number of aromatic nitrogens is 1. The topological polar surface area (TPSA) is 101 Å². The molecular formula is C22H29FN4O4S. The fraction of sp³-hybridized carbons (Fsp3) is 0.455. The molecule has 0 spiro atoms. The fourth-order valence-corrected chi connectivity index (χ4v) is 3.52. The van der Waals surface area contributed by atoms with Crippen molar-refractivity contribution in [2.75, 3.05) is 25.6 Å². The SMILES string of the molecule is COCCN(C(=O)CCC(=O)Nc1nccs1)[C@@H](C(=O)NC(C)(C)C)c1ccc(F)cc1. The van der Waals surface area contributed by atoms with Crippen LogP contribution in [0.5, 0.6) is 0 Å². The van der Waals surface area contributed by atoms with Crippen LogP contribution in [0, 0.1) is 5.82 Å². The van der Waals surface area contributed by atoms with E-state index in [9.17, 15) is 18.8 Å². The largest absolute Gasteiger partial charge is 0.383 e. The van der Waals surface area contributed by atoms with Crippen molar-refractivity contribution >= 4 is 34.2 Å². The molecule has 0 saturated carbocycles. The number of hydrogen-bond acceptors (Lipinski definition) is 6. The van der Waals surface area contributed by atoms with Crippen LogP contribution in [0.15, 0.2) is 35.8 Å². The van der Waals surface area contributed by atoms with Gasteiger partial charge in [0.05, 0.1) is 6.61 Å². The van der Waals surface area contributed by atoms with E-state index >= 15 is 0 Å². The first-order valence-electron chi connectivity index (χ1n) is 10.2. The molecule has 0 unspecified atom stereocenters. The van der Waals surface area contributed by atoms with Gasteiger partial charge in [0, 0.05) is 43.6 Å². The van der Waals surface area contributed by atoms with Crippen LogP contribution in [0.2, 0.25) is 0 Å². The van der Waals surface area contributed by atoms with Gasteiger partial charge in [-0.15, -0.1) is 11.3 Å². The molecule has 0 aliphatic rings. The van der Waals surface area contributed by atoms with Crippen LogP contribution in [-0.4, -0.2) is 53.4 Å². The zero-order chi connectivity index (χ0) is 23.7. The van der Waals surface area contributed by atoms with Gasteiger partial charge in [0.25, 0.3) is 0 Å². The molecule has 2 rings (SSSR count). The maximum atomic E-state index is 13.5. The van der Waals surface area contributed by atoms with E-state index in [1.54, 1.807) is 11.6 Å². The third-order valence-corrected chi connectivity index (χ3v) is 5.03. The molecular weight excluding hydrogens is 435 g/mol. The summed E-state index contributed by atoms with van der Waals surface area (Å²) in [7, 11) is 1.49. The number of nitrogens with zero attached hydrogens (tertiary/aromatic N) is 2. The standard InChI is InChI=1S/C22H29FN4O4S/c1-22(2,3)26-20(30)19(15-5-7-16(23)8-6-15)27(12-13-31-4)18(29)10-9-17(28)25-21-24-11-14-32-21/h5-8,11,14,19H,9-10,12-13H2,1-4H3,(H,26,30)(H,24,25,28)/t19-/m1/s1. The summed E-state index contributed by atoms with van der Waals surface area (Å²) in [5, 5.41) is 7.70. The Bertz CT molecular complexity index is 898. The molecule has 174 valence electrons. The quantitative estimate of drug-likeness (QED) is 0.563. The number of anilines is 1. The van der Waals surface area contributed by atoms with Gasteiger partial charge in [0.15, 0.2) is 5.13 Å². The molecule has 10 heteroatoms. The van der Waals surface area contributed by atoms with Crippen molar-refractivity contribution in [3.63, 3.8) is 0 Å². The zero-order valence-electron chi connectivity index (χ0n) is 18.7. The molecule has 8 nitrogen and oxygen atoms in total. The van der Waals surface area contributed by atoms with Gasteiger partial charge in [-0.2, -0.15) is 0 Å². The lowest BCUT2D eigenvalue weighted by molar-refractivity contribution is -0.142. The molecule has 0 radical (unpaired) electrons. The highest BCUT2D eigenvalue weighted by Crippen LogP contribution is 2.24. The van der Waals surface area contributed by atoms with E-state index in [0.29, 0.717) is 10.7 Å². The molecule has 3 amide bonds. The summed E-state index contributed by atoms with van der Waals surface area (Å²) in [6, 6.07) is 4.44. The summed E-state index contributed by atoms with van der Waals surface area (Å²) < 4.78 is 18.6. The number of carbonyl (C=O) groups is 3. The summed E-state index contributed by atoms with van der Waals surface area (Å²) in [5.41, 5.74) is -0.0799. The Kier molecular flexibility index (Phi) is 9.27. The molecule has 2 aromatic rings. The van der Waals surface area contributed by atoms with Crippen LogP contribution in [-0.2, 0) is 19.1 Å². The molecule has 0 aliphatic heterocycles. The number of nitrogens with one attached hydrogen (secondary N) is 2. The van der Waals surface area contributed by atoms with Crippen LogP contribution in [0.4, 0.5) is 9.52 Å². The van der Waals surface area contributed by atoms with Gasteiger partial charge in [0.2, 0.25) is 17.7 Å². The van der Waals surface area contributed by atoms with E-state index in [1.165, 1.54) is 47.6 Å². The molecule has 1 aromatic carbocycles. The number of halogens is 1. The zero-order valence-corrected chi connectivity index (χ0v) is 19.5. The van der Waals surface area contributed by atoms with Crippen LogP contribution in [0.3, 0.4) is 0 Å². The number of hydrogen-bond donors (Lipinski definition) is 2. The minimum Gasteiger partial charge on any atom is -0.383 e. The van der Waals surface area contributed by atoms with Gasteiger partial charge in [-0.1, -0.05) is 12.1 Å². The number of methoxy groups -OCH3 is 1. The Hall–Kier alpha value is -2.85. The normalized spacial score (nSPS) is 12.2. The Labute approximate surface area is 191 Å². The predicted molar refractivity (Wildman–Crippen MR) is 121 cm³/mol. The van der Waals surface area contributed by atoms with Crippen LogP contribution < -0.4 is 10.6 Å². The highest BCUT2D eigenvalue weighted by molar-refractivity contribution is 7.13. The number of ether oxygens (including phenoxy) is 1. The minimum atomic E-state index is -1.00. The summed E-state index contributed by atoms with van der Waals surface area (Å²) in [5.74, 6) is -1.59. The van der Waals surface area contributed by atoms with Crippen molar-refractivity contribution in [2.24, 2.45) is 0 Å². The smallest absolute Gasteiger partial charge is 0.247 e. The minimum absolute atomic E-state index is 0.0705. The van der Waals surface area contributed by atoms with Crippen LogP contribution in [0.25, 0.3) is 0 Å². The summed E-state index contributed by atoms with van der Waals surface area (Å²) in [6.07, 6.45) is 1.39. The van der Waals surface area contributed by atoms with Gasteiger partial charge in [-0.3, -0.25) is 14.4 Å². The molecule has 0 bridgehead atoms. The predicted octanol–water partition coefficient (Wildman–Crippen LogP) is 3.13. The summed E-state index contributed by atoms with van der Waals surface area (Å²) >= 11 is 1.28. The first-order chi connectivity index (χ1) is 15.1. The molecule has 1 heterocycles. The number of amides is 3. The maximum absolute atomic E-state index is 13.5. The highest BCUT2D eigenvalue weighted by atomic mass is 32.1. The summed E-state index contributed by atoms with van der Waals surface area (Å²) in [6.45, 7) is 5.81. The van der Waals surface area contributed by atoms with E-state index in [0.717, 1.165) is 0 Å². The van der Waals surface area contributed by atoms with Gasteiger partial charge < -0.3 is 20.3 Å². The lowest BCUT2D eigenvalue weighted by Crippen LogP contribution is -2.50. The van der Waals surface area contributed by atoms with E-state index in [2.05, 4.69) is 15.6 Å². The van der Waals surface area contributed by atoms with Gasteiger partial charge >= 0.3 is 0 Å². The van der Waals surface area contributed by atoms with Gasteiger partial charge in [-0.05, 0) is 38.5 Å². The molecule has 1 atom stereocenters. The molecule has 32 heavy (non-hydrogen) atoms. The van der Waals surface area contributed by atoms with Crippen molar-refractivity contribution < 1.29 is 23.5 Å². The molecule has 0 saturated heterocycles. The first-order valence-corrected chi connectivity index (χ1v) is 11.0. The molecule has 2 N–H and O–H groups in total. The number of carbonyl (C=O) groups excluding carboxylic acids is 3. The Morgan fingerprint density at radius 2 is 1.88 bits per heavy atom. The van der Waals surface area contributed by atoms with E-state index in [4.69, 9.17) is 4.74 Å². The van der Waals surface area contributed by atoms with Gasteiger partial charge in [-0.25, -0.2) is 9.37 Å². The van der Waals surface area contributed by atoms with Crippen molar-refractivity contribution in [1.82, 2.24) is 15.2 Å². The summed E-state index contributed by atoms with van der Waals surface area (Å²) in [4.78, 5) is 43.8. The lowest BCUT2D eigenvalue weighted by Gasteiger charge is -2.33. The second-order valence-corrected chi connectivity index (χ2v) is 9.05. The van der Waals surface area contributed by atoms with Crippen molar-refractivity contribution in [3.05, 3.63) is 47.2 Å². The van der Waals surface area contributed by atoms with E-state index in [-0.39, 0.29) is 31.9 Å². The van der Waals surface area contributed by atoms with Crippen LogP contribution in [0.1, 0.15) is 45.2 Å². The number of rotatable bonds is 10. The van der Waals surface area contributed by atoms with Gasteiger partial charge in [0.1, 0.15) is 11.9 Å². The van der Waals surface area contributed by atoms with Crippen molar-refractivity contribution in [3.8, 4) is 0 Å². The first kappa shape index (κ1) is 25.4. The molecule has 0 fully saturated rings. The van der Waals surface area contributed by atoms with E-state index in [1.807, 2.05) is 20.8 Å². The third-order valence-electron chi connectivity index (χ3n) is 4.35. The Balaban J connectivity index is 2.23. The second-order valence-electron chi connectivity index (χ2n) is 8.16. The van der Waals surface area contributed by atoms with E-state index < -0.39 is 29.2 Å². The lowest BCUT2D eigenvalue weighted by atomic mass is 10.0. The molecule has 1 aromatic heterocycles. The van der Waals surface area contributed by atoms with Crippen molar-refractivity contribution in [2.45, 2.75) is 45.2 Å². The Morgan fingerprint density at radius 3 is 2.44 bits per heavy atom. The highest BCUT2D eigenvalue weighted by Gasteiger charge is 2.33. The van der Waals surface area contributed by atoms with Crippen molar-refractivity contribution in [1.29, 1.82) is 0 Å².